The van der Waals surface area contributed by atoms with Crippen molar-refractivity contribution < 1.29 is 14.3 Å². The monoisotopic (exact) mass is 393 g/mol. The Labute approximate surface area is 171 Å². The van der Waals surface area contributed by atoms with Crippen molar-refractivity contribution in [3.05, 3.63) is 52.8 Å². The lowest BCUT2D eigenvalue weighted by Gasteiger charge is -2.32. The van der Waals surface area contributed by atoms with Gasteiger partial charge in [-0.3, -0.25) is 9.59 Å². The normalized spacial score (nSPS) is 21.6. The van der Waals surface area contributed by atoms with E-state index in [1.54, 1.807) is 6.20 Å². The molecule has 152 valence electrons. The number of esters is 1. The maximum Gasteiger partial charge on any atom is 0.310 e. The second-order valence-corrected chi connectivity index (χ2v) is 7.95. The molecule has 1 aliphatic carbocycles. The molecule has 1 fully saturated rings. The van der Waals surface area contributed by atoms with Crippen LogP contribution in [0.2, 0.25) is 0 Å². The summed E-state index contributed by atoms with van der Waals surface area (Å²) in [6, 6.07) is 8.24. The smallest absolute Gasteiger partial charge is 0.310 e. The number of hydrogen-bond donors (Lipinski definition) is 0. The molecule has 29 heavy (non-hydrogen) atoms. The molecule has 6 nitrogen and oxygen atoms in total. The predicted molar refractivity (Wildman–Crippen MR) is 110 cm³/mol. The third-order valence-corrected chi connectivity index (χ3v) is 5.98. The molecule has 0 N–H and O–H groups in total. The Morgan fingerprint density at radius 2 is 2.10 bits per heavy atom. The number of hydrogen-bond acceptors (Lipinski definition) is 6. The number of ketones is 1. The molecule has 1 saturated heterocycles. The van der Waals surface area contributed by atoms with Gasteiger partial charge < -0.3 is 9.64 Å². The van der Waals surface area contributed by atoms with Crippen molar-refractivity contribution in [2.75, 3.05) is 24.6 Å². The Bertz CT molecular complexity index is 927. The van der Waals surface area contributed by atoms with E-state index < -0.39 is 0 Å². The van der Waals surface area contributed by atoms with Crippen LogP contribution in [0.1, 0.15) is 59.3 Å². The average molecular weight is 393 g/mol. The summed E-state index contributed by atoms with van der Waals surface area (Å²) < 4.78 is 5.19. The fourth-order valence-electron chi connectivity index (χ4n) is 4.46. The summed E-state index contributed by atoms with van der Waals surface area (Å²) in [4.78, 5) is 36.2. The Morgan fingerprint density at radius 3 is 2.90 bits per heavy atom. The minimum absolute atomic E-state index is 0.106. The van der Waals surface area contributed by atoms with E-state index in [2.05, 4.69) is 24.0 Å². The second-order valence-electron chi connectivity index (χ2n) is 7.95. The Balaban J connectivity index is 1.57. The number of Topliss-reactive ketones (excluding diaryl/α,β-unsaturated/α-hetero) is 1. The number of aromatic nitrogens is 2. The van der Waals surface area contributed by atoms with E-state index in [9.17, 15) is 9.59 Å². The van der Waals surface area contributed by atoms with Gasteiger partial charge in [-0.05, 0) is 50.2 Å². The maximum absolute atomic E-state index is 12.7. The lowest BCUT2D eigenvalue weighted by atomic mass is 9.81. The Hall–Kier alpha value is -2.76. The van der Waals surface area contributed by atoms with Crippen LogP contribution in [0.15, 0.2) is 30.5 Å². The van der Waals surface area contributed by atoms with E-state index in [0.717, 1.165) is 31.5 Å². The molecule has 4 rings (SSSR count). The zero-order chi connectivity index (χ0) is 20.4. The van der Waals surface area contributed by atoms with Crippen molar-refractivity contribution in [1.82, 2.24) is 9.97 Å². The highest BCUT2D eigenvalue weighted by molar-refractivity contribution is 5.98. The van der Waals surface area contributed by atoms with Crippen LogP contribution in [0, 0.1) is 12.8 Å². The van der Waals surface area contributed by atoms with Crippen LogP contribution in [0.3, 0.4) is 0 Å². The van der Waals surface area contributed by atoms with Crippen molar-refractivity contribution in [1.29, 1.82) is 0 Å². The quantitative estimate of drug-likeness (QED) is 0.741. The van der Waals surface area contributed by atoms with Crippen LogP contribution in [0.25, 0.3) is 0 Å². The van der Waals surface area contributed by atoms with Crippen LogP contribution < -0.4 is 4.90 Å². The molecule has 2 aromatic rings. The minimum Gasteiger partial charge on any atom is -0.466 e. The summed E-state index contributed by atoms with van der Waals surface area (Å²) in [6.07, 6.45) is 4.62. The summed E-state index contributed by atoms with van der Waals surface area (Å²) in [5.74, 6) is 0.562. The summed E-state index contributed by atoms with van der Waals surface area (Å²) in [7, 11) is 0. The molecule has 1 aliphatic heterocycles. The molecule has 0 amide bonds. The Morgan fingerprint density at radius 1 is 1.28 bits per heavy atom. The van der Waals surface area contributed by atoms with Crippen molar-refractivity contribution in [3.63, 3.8) is 0 Å². The van der Waals surface area contributed by atoms with Gasteiger partial charge in [0.2, 0.25) is 5.95 Å². The molecule has 2 heterocycles. The molecule has 2 atom stereocenters. The lowest BCUT2D eigenvalue weighted by Crippen LogP contribution is -2.40. The van der Waals surface area contributed by atoms with Crippen LogP contribution >= 0.6 is 0 Å². The molecule has 2 aliphatic rings. The Kier molecular flexibility index (Phi) is 5.60. The second kappa shape index (κ2) is 8.31. The number of benzene rings is 1. The van der Waals surface area contributed by atoms with Gasteiger partial charge in [0.15, 0.2) is 5.78 Å². The number of piperidine rings is 1. The number of aryl methyl sites for hydroxylation is 1. The third kappa shape index (κ3) is 4.02. The number of anilines is 1. The van der Waals surface area contributed by atoms with E-state index in [-0.39, 0.29) is 23.6 Å². The van der Waals surface area contributed by atoms with Gasteiger partial charge in [-0.15, -0.1) is 0 Å². The topological polar surface area (TPSA) is 72.4 Å². The molecular weight excluding hydrogens is 366 g/mol. The van der Waals surface area contributed by atoms with E-state index in [1.165, 1.54) is 11.1 Å². The van der Waals surface area contributed by atoms with Crippen LogP contribution in [-0.2, 0) is 16.0 Å². The minimum atomic E-state index is -0.148. The number of fused-ring (bicyclic) bond motifs is 1. The summed E-state index contributed by atoms with van der Waals surface area (Å²) in [5, 5.41) is 0. The van der Waals surface area contributed by atoms with Crippen molar-refractivity contribution in [2.45, 2.75) is 45.4 Å². The molecule has 0 saturated carbocycles. The maximum atomic E-state index is 12.7. The molecule has 6 heteroatoms. The van der Waals surface area contributed by atoms with E-state index >= 15 is 0 Å². The van der Waals surface area contributed by atoms with E-state index in [4.69, 9.17) is 9.72 Å². The molecule has 0 bridgehead atoms. The van der Waals surface area contributed by atoms with E-state index in [0.29, 0.717) is 31.1 Å². The van der Waals surface area contributed by atoms with Crippen molar-refractivity contribution >= 4 is 17.7 Å². The first-order valence-electron chi connectivity index (χ1n) is 10.4. The summed E-state index contributed by atoms with van der Waals surface area (Å²) >= 11 is 0. The lowest BCUT2D eigenvalue weighted by molar-refractivity contribution is -0.148. The van der Waals surface area contributed by atoms with Gasteiger partial charge in [-0.1, -0.05) is 24.3 Å². The van der Waals surface area contributed by atoms with Gasteiger partial charge in [0.1, 0.15) is 0 Å². The molecular formula is C23H27N3O3. The average Bonchev–Trinajstić information content (AvgIpc) is 2.74. The standard InChI is InChI=1S/C23H27N3O3/c1-3-29-22(28)16-8-6-10-26(14-16)23-24-13-19-20(25-23)11-17(12-21(19)27)18-9-5-4-7-15(18)2/h4-5,7,9,13,16-17H,3,6,8,10-12,14H2,1-2H3/t16-,17-/m0/s1. The fraction of sp³-hybridized carbons (Fsp3) is 0.478. The number of carbonyl (C=O) groups excluding carboxylic acids is 2. The van der Waals surface area contributed by atoms with Crippen molar-refractivity contribution in [3.8, 4) is 0 Å². The predicted octanol–water partition coefficient (Wildman–Crippen LogP) is 3.48. The highest BCUT2D eigenvalue weighted by Gasteiger charge is 2.31. The zero-order valence-electron chi connectivity index (χ0n) is 17.1. The zero-order valence-corrected chi connectivity index (χ0v) is 17.1. The van der Waals surface area contributed by atoms with Gasteiger partial charge >= 0.3 is 5.97 Å². The van der Waals surface area contributed by atoms with Gasteiger partial charge in [0, 0.05) is 25.7 Å². The molecule has 0 radical (unpaired) electrons. The summed E-state index contributed by atoms with van der Waals surface area (Å²) in [6.45, 7) is 5.68. The highest BCUT2D eigenvalue weighted by atomic mass is 16.5. The van der Waals surface area contributed by atoms with Crippen molar-refractivity contribution in [2.24, 2.45) is 5.92 Å². The largest absolute Gasteiger partial charge is 0.466 e. The number of carbonyl (C=O) groups is 2. The van der Waals surface area contributed by atoms with E-state index in [1.807, 2.05) is 24.0 Å². The number of nitrogens with zero attached hydrogens (tertiary/aromatic N) is 3. The molecule has 1 aromatic carbocycles. The fourth-order valence-corrected chi connectivity index (χ4v) is 4.46. The van der Waals surface area contributed by atoms with Gasteiger partial charge in [-0.2, -0.15) is 0 Å². The highest BCUT2D eigenvalue weighted by Crippen LogP contribution is 2.34. The van der Waals surface area contributed by atoms with Gasteiger partial charge in [-0.25, -0.2) is 9.97 Å². The molecule has 0 spiro atoms. The first-order valence-corrected chi connectivity index (χ1v) is 10.4. The number of ether oxygens (including phenoxy) is 1. The summed E-state index contributed by atoms with van der Waals surface area (Å²) in [5.41, 5.74) is 3.87. The number of rotatable bonds is 4. The van der Waals surface area contributed by atoms with Gasteiger partial charge in [0.05, 0.1) is 23.8 Å². The SMILES string of the molecule is CCOC(=O)[C@H]1CCCN(c2ncc3c(n2)C[C@H](c2ccccc2C)CC3=O)C1. The molecule has 0 unspecified atom stereocenters. The van der Waals surface area contributed by atoms with Gasteiger partial charge in [0.25, 0.3) is 0 Å². The first kappa shape index (κ1) is 19.6. The first-order chi connectivity index (χ1) is 14.1. The van der Waals surface area contributed by atoms with Crippen LogP contribution in [0.4, 0.5) is 5.95 Å². The molecule has 1 aromatic heterocycles. The third-order valence-electron chi connectivity index (χ3n) is 5.98. The van der Waals surface area contributed by atoms with Crippen LogP contribution in [0.5, 0.6) is 0 Å². The van der Waals surface area contributed by atoms with Crippen LogP contribution in [-0.4, -0.2) is 41.4 Å².